The van der Waals surface area contributed by atoms with Crippen molar-refractivity contribution in [2.75, 3.05) is 4.72 Å². The van der Waals surface area contributed by atoms with Crippen molar-refractivity contribution in [3.05, 3.63) is 92.1 Å². The Balaban J connectivity index is 1.85. The van der Waals surface area contributed by atoms with Crippen LogP contribution in [-0.2, 0) is 10.0 Å². The van der Waals surface area contributed by atoms with Gasteiger partial charge in [-0.1, -0.05) is 71.2 Å². The molecule has 5 nitrogen and oxygen atoms in total. The lowest BCUT2D eigenvalue weighted by molar-refractivity contribution is 0.459. The van der Waals surface area contributed by atoms with Crippen LogP contribution in [0.5, 0.6) is 5.75 Å². The van der Waals surface area contributed by atoms with Crippen molar-refractivity contribution in [1.29, 1.82) is 0 Å². The number of aliphatic imine (C=N–C) groups is 1. The summed E-state index contributed by atoms with van der Waals surface area (Å²) in [5, 5.41) is 0.492. The number of rotatable bonds is 7. The minimum absolute atomic E-state index is 0.0194. The second kappa shape index (κ2) is 10.4. The normalized spacial score (nSPS) is 11.6. The Hall–Kier alpha value is -2.22. The smallest absolute Gasteiger partial charge is 0.263 e. The summed E-state index contributed by atoms with van der Waals surface area (Å²) in [6.45, 7) is 7.38. The Labute approximate surface area is 212 Å². The number of aryl methyl sites for hydroxylation is 1. The Morgan fingerprint density at radius 1 is 1.03 bits per heavy atom. The SMILES string of the molecule is C=C(C=Nc1ccccc1C)Oc1c(Cl)cc(NS(=O)(=O)c2ccc(Cl)cc2Cl)c(C)c1Cl. The predicted molar refractivity (Wildman–Crippen MR) is 138 cm³/mol. The lowest BCUT2D eigenvalue weighted by Gasteiger charge is -2.16. The molecular formula is C23H18Cl4N2O3S. The van der Waals surface area contributed by atoms with Crippen LogP contribution in [0, 0.1) is 13.8 Å². The number of halogens is 4. The molecule has 0 spiro atoms. The van der Waals surface area contributed by atoms with E-state index in [1.54, 1.807) is 6.92 Å². The van der Waals surface area contributed by atoms with Crippen LogP contribution in [0.4, 0.5) is 11.4 Å². The fourth-order valence-corrected chi connectivity index (χ4v) is 5.21. The maximum atomic E-state index is 12.8. The van der Waals surface area contributed by atoms with E-state index in [0.29, 0.717) is 10.6 Å². The van der Waals surface area contributed by atoms with Crippen LogP contribution < -0.4 is 9.46 Å². The van der Waals surface area contributed by atoms with Crippen LogP contribution in [0.1, 0.15) is 11.1 Å². The highest BCUT2D eigenvalue weighted by Crippen LogP contribution is 2.41. The number of anilines is 1. The molecule has 0 aliphatic heterocycles. The number of nitrogens with zero attached hydrogens (tertiary/aromatic N) is 1. The first-order chi connectivity index (χ1) is 15.5. The summed E-state index contributed by atoms with van der Waals surface area (Å²) in [7, 11) is -4.03. The number of hydrogen-bond acceptors (Lipinski definition) is 4. The molecule has 0 atom stereocenters. The Bertz CT molecular complexity index is 1370. The third-order valence-corrected chi connectivity index (χ3v) is 7.36. The molecule has 172 valence electrons. The van der Waals surface area contributed by atoms with Gasteiger partial charge in [0.15, 0.2) is 5.75 Å². The monoisotopic (exact) mass is 542 g/mol. The van der Waals surface area contributed by atoms with E-state index in [2.05, 4.69) is 16.3 Å². The molecule has 0 amide bonds. The summed E-state index contributed by atoms with van der Waals surface area (Å²) < 4.78 is 33.8. The quantitative estimate of drug-likeness (QED) is 0.242. The minimum Gasteiger partial charge on any atom is -0.453 e. The standard InChI is InChI=1S/C23H18Cl4N2O3S/c1-13-6-4-5-7-19(13)28-12-14(2)32-23-18(26)11-20(15(3)22(23)27)29-33(30,31)21-9-8-16(24)10-17(21)25/h4-12,29H,2H2,1,3H3. The first-order valence-electron chi connectivity index (χ1n) is 9.42. The van der Waals surface area contributed by atoms with Gasteiger partial charge in [0.05, 0.1) is 32.7 Å². The number of nitrogens with one attached hydrogen (secondary N) is 1. The fourth-order valence-electron chi connectivity index (χ4n) is 2.79. The van der Waals surface area contributed by atoms with Crippen LogP contribution in [0.2, 0.25) is 20.1 Å². The molecule has 0 aliphatic rings. The summed E-state index contributed by atoms with van der Waals surface area (Å²) >= 11 is 24.7. The van der Waals surface area contributed by atoms with E-state index in [-0.39, 0.29) is 37.2 Å². The number of ether oxygens (including phenoxy) is 1. The first-order valence-corrected chi connectivity index (χ1v) is 12.4. The summed E-state index contributed by atoms with van der Waals surface area (Å²) in [5.74, 6) is 0.326. The highest BCUT2D eigenvalue weighted by molar-refractivity contribution is 7.92. The molecule has 1 N–H and O–H groups in total. The maximum absolute atomic E-state index is 12.8. The molecule has 0 unspecified atom stereocenters. The van der Waals surface area contributed by atoms with E-state index in [9.17, 15) is 8.42 Å². The van der Waals surface area contributed by atoms with E-state index >= 15 is 0 Å². The Morgan fingerprint density at radius 3 is 2.39 bits per heavy atom. The van der Waals surface area contributed by atoms with Crippen LogP contribution in [0.3, 0.4) is 0 Å². The Kier molecular flexibility index (Phi) is 7.98. The maximum Gasteiger partial charge on any atom is 0.263 e. The highest BCUT2D eigenvalue weighted by Gasteiger charge is 2.22. The van der Waals surface area contributed by atoms with E-state index in [1.807, 2.05) is 31.2 Å². The van der Waals surface area contributed by atoms with Gasteiger partial charge in [0.2, 0.25) is 0 Å². The number of sulfonamides is 1. The predicted octanol–water partition coefficient (Wildman–Crippen LogP) is 8.01. The van der Waals surface area contributed by atoms with Gasteiger partial charge < -0.3 is 4.74 Å². The zero-order valence-corrected chi connectivity index (χ0v) is 21.3. The third kappa shape index (κ3) is 6.02. The zero-order chi connectivity index (χ0) is 24.3. The molecule has 3 rings (SSSR count). The van der Waals surface area contributed by atoms with E-state index < -0.39 is 10.0 Å². The van der Waals surface area contributed by atoms with E-state index in [4.69, 9.17) is 51.1 Å². The van der Waals surface area contributed by atoms with E-state index in [0.717, 1.165) is 11.3 Å². The van der Waals surface area contributed by atoms with Gasteiger partial charge in [-0.3, -0.25) is 9.71 Å². The van der Waals surface area contributed by atoms with E-state index in [1.165, 1.54) is 30.5 Å². The van der Waals surface area contributed by atoms with Gasteiger partial charge in [-0.2, -0.15) is 0 Å². The zero-order valence-electron chi connectivity index (χ0n) is 17.5. The number of para-hydroxylation sites is 1. The molecule has 0 aliphatic carbocycles. The average Bonchev–Trinajstić information content (AvgIpc) is 2.74. The lowest BCUT2D eigenvalue weighted by atomic mass is 10.2. The molecule has 0 saturated heterocycles. The summed E-state index contributed by atoms with van der Waals surface area (Å²) in [5.41, 5.74) is 2.32. The molecule has 0 heterocycles. The molecule has 0 saturated carbocycles. The highest BCUT2D eigenvalue weighted by atomic mass is 35.5. The third-order valence-electron chi connectivity index (χ3n) is 4.54. The fraction of sp³-hybridized carbons (Fsp3) is 0.0870. The molecule has 0 radical (unpaired) electrons. The number of hydrogen-bond donors (Lipinski definition) is 1. The molecule has 0 fully saturated rings. The second-order valence-electron chi connectivity index (χ2n) is 6.97. The van der Waals surface area contributed by atoms with Gasteiger partial charge in [-0.05, 0) is 55.3 Å². The Morgan fingerprint density at radius 2 is 1.73 bits per heavy atom. The second-order valence-corrected chi connectivity index (χ2v) is 10.2. The van der Waals surface area contributed by atoms with Crippen LogP contribution in [0.25, 0.3) is 0 Å². The topological polar surface area (TPSA) is 67.8 Å². The summed E-state index contributed by atoms with van der Waals surface area (Å²) in [6, 6.07) is 13.0. The van der Waals surface area contributed by atoms with Gasteiger partial charge in [0, 0.05) is 5.02 Å². The molecule has 3 aromatic rings. The molecule has 10 heteroatoms. The van der Waals surface area contributed by atoms with Crippen molar-refractivity contribution in [2.24, 2.45) is 4.99 Å². The van der Waals surface area contributed by atoms with Gasteiger partial charge >= 0.3 is 0 Å². The summed E-state index contributed by atoms with van der Waals surface area (Å²) in [4.78, 5) is 4.21. The van der Waals surface area contributed by atoms with Crippen LogP contribution in [-0.4, -0.2) is 14.6 Å². The van der Waals surface area contributed by atoms with Crippen LogP contribution >= 0.6 is 46.4 Å². The van der Waals surface area contributed by atoms with Crippen molar-refractivity contribution < 1.29 is 13.2 Å². The average molecular weight is 544 g/mol. The van der Waals surface area contributed by atoms with Crippen molar-refractivity contribution in [3.63, 3.8) is 0 Å². The minimum atomic E-state index is -4.03. The first kappa shape index (κ1) is 25.4. The molecule has 0 bridgehead atoms. The van der Waals surface area contributed by atoms with Gasteiger partial charge in [-0.15, -0.1) is 0 Å². The van der Waals surface area contributed by atoms with Crippen molar-refractivity contribution in [3.8, 4) is 5.75 Å². The summed E-state index contributed by atoms with van der Waals surface area (Å²) in [6.07, 6.45) is 1.45. The number of allylic oxidation sites excluding steroid dienone is 1. The van der Waals surface area contributed by atoms with Gasteiger partial charge in [0.1, 0.15) is 10.7 Å². The molecule has 0 aromatic heterocycles. The largest absolute Gasteiger partial charge is 0.453 e. The van der Waals surface area contributed by atoms with Gasteiger partial charge in [0.25, 0.3) is 10.0 Å². The molecule has 3 aromatic carbocycles. The molecule has 33 heavy (non-hydrogen) atoms. The lowest BCUT2D eigenvalue weighted by Crippen LogP contribution is -2.14. The van der Waals surface area contributed by atoms with Crippen LogP contribution in [0.15, 0.2) is 70.8 Å². The number of benzene rings is 3. The molecular weight excluding hydrogens is 526 g/mol. The van der Waals surface area contributed by atoms with Crippen molar-refractivity contribution in [2.45, 2.75) is 18.7 Å². The van der Waals surface area contributed by atoms with Crippen molar-refractivity contribution in [1.82, 2.24) is 0 Å². The van der Waals surface area contributed by atoms with Crippen molar-refractivity contribution >= 4 is 74.0 Å². The van der Waals surface area contributed by atoms with Gasteiger partial charge in [-0.25, -0.2) is 8.42 Å².